The number of anilines is 1. The molecule has 2 N–H and O–H groups in total. The van der Waals surface area contributed by atoms with Crippen LogP contribution in [0.25, 0.3) is 0 Å². The molecule has 0 aliphatic heterocycles. The normalized spacial score (nSPS) is 11.6. The first-order valence-corrected chi connectivity index (χ1v) is 8.35. The SMILES string of the molecule is Cc1cc(S(=O)(=O)Nc2c(C(=O)O)cnn2C)sc1Br. The van der Waals surface area contributed by atoms with Gasteiger partial charge in [-0.2, -0.15) is 5.10 Å². The summed E-state index contributed by atoms with van der Waals surface area (Å²) in [5.74, 6) is -1.33. The number of hydrogen-bond acceptors (Lipinski definition) is 5. The molecule has 10 heteroatoms. The summed E-state index contributed by atoms with van der Waals surface area (Å²) in [5.41, 5.74) is 0.585. The first-order valence-electron chi connectivity index (χ1n) is 5.26. The van der Waals surface area contributed by atoms with Crippen molar-refractivity contribution in [3.05, 3.63) is 27.2 Å². The Labute approximate surface area is 127 Å². The zero-order chi connectivity index (χ0) is 15.1. The lowest BCUT2D eigenvalue weighted by Gasteiger charge is -2.07. The summed E-state index contributed by atoms with van der Waals surface area (Å²) >= 11 is 4.31. The number of carboxylic acid groups (broad SMARTS) is 1. The third-order valence-corrected chi connectivity index (χ3v) is 6.45. The van der Waals surface area contributed by atoms with Crippen LogP contribution in [0, 0.1) is 6.92 Å². The van der Waals surface area contributed by atoms with Gasteiger partial charge in [-0.05, 0) is 34.5 Å². The van der Waals surface area contributed by atoms with E-state index in [0.29, 0.717) is 3.79 Å². The Balaban J connectivity index is 2.43. The molecule has 7 nitrogen and oxygen atoms in total. The molecule has 0 aromatic carbocycles. The minimum atomic E-state index is -3.85. The summed E-state index contributed by atoms with van der Waals surface area (Å²) in [6, 6.07) is 1.51. The molecule has 2 aromatic heterocycles. The quantitative estimate of drug-likeness (QED) is 0.846. The van der Waals surface area contributed by atoms with Crippen LogP contribution in [0.2, 0.25) is 0 Å². The van der Waals surface area contributed by atoms with Crippen LogP contribution in [0.5, 0.6) is 0 Å². The van der Waals surface area contributed by atoms with Crippen molar-refractivity contribution in [3.63, 3.8) is 0 Å². The van der Waals surface area contributed by atoms with Crippen molar-refractivity contribution >= 4 is 49.1 Å². The molecule has 108 valence electrons. The van der Waals surface area contributed by atoms with Gasteiger partial charge in [0.05, 0.1) is 9.98 Å². The van der Waals surface area contributed by atoms with Gasteiger partial charge in [-0.25, -0.2) is 13.2 Å². The number of carboxylic acids is 1. The maximum absolute atomic E-state index is 12.2. The monoisotopic (exact) mass is 379 g/mol. The van der Waals surface area contributed by atoms with E-state index in [1.807, 2.05) is 0 Å². The Morgan fingerprint density at radius 1 is 1.55 bits per heavy atom. The molecule has 0 aliphatic rings. The molecule has 0 spiro atoms. The first-order chi connectivity index (χ1) is 9.22. The predicted octanol–water partition coefficient (Wildman–Crippen LogP) is 2.05. The average Bonchev–Trinajstić information content (AvgIpc) is 2.85. The molecule has 0 saturated heterocycles. The zero-order valence-electron chi connectivity index (χ0n) is 10.4. The van der Waals surface area contributed by atoms with Gasteiger partial charge in [0.25, 0.3) is 10.0 Å². The van der Waals surface area contributed by atoms with E-state index in [4.69, 9.17) is 5.11 Å². The number of aromatic nitrogens is 2. The van der Waals surface area contributed by atoms with Gasteiger partial charge >= 0.3 is 5.97 Å². The molecule has 0 saturated carbocycles. The van der Waals surface area contributed by atoms with Crippen molar-refractivity contribution in [2.24, 2.45) is 7.05 Å². The molecule has 0 atom stereocenters. The number of nitrogens with one attached hydrogen (secondary N) is 1. The summed E-state index contributed by atoms with van der Waals surface area (Å²) in [6.45, 7) is 1.77. The number of nitrogens with zero attached hydrogens (tertiary/aromatic N) is 2. The van der Waals surface area contributed by atoms with E-state index >= 15 is 0 Å². The molecule has 0 bridgehead atoms. The lowest BCUT2D eigenvalue weighted by Crippen LogP contribution is -2.16. The van der Waals surface area contributed by atoms with Crippen molar-refractivity contribution in [3.8, 4) is 0 Å². The van der Waals surface area contributed by atoms with Crippen molar-refractivity contribution in [2.75, 3.05) is 4.72 Å². The summed E-state index contributed by atoms with van der Waals surface area (Å²) in [7, 11) is -2.39. The van der Waals surface area contributed by atoms with E-state index in [9.17, 15) is 13.2 Å². The molecule has 2 heterocycles. The lowest BCUT2D eigenvalue weighted by atomic mass is 10.3. The Hall–Kier alpha value is -1.39. The lowest BCUT2D eigenvalue weighted by molar-refractivity contribution is 0.0698. The third kappa shape index (κ3) is 2.72. The van der Waals surface area contributed by atoms with Crippen LogP contribution < -0.4 is 4.72 Å². The third-order valence-electron chi connectivity index (χ3n) is 2.50. The largest absolute Gasteiger partial charge is 0.477 e. The maximum atomic E-state index is 12.2. The summed E-state index contributed by atoms with van der Waals surface area (Å²) in [6.07, 6.45) is 1.09. The van der Waals surface area contributed by atoms with E-state index in [2.05, 4.69) is 25.8 Å². The fourth-order valence-corrected chi connectivity index (χ4v) is 4.79. The number of hydrogen-bond donors (Lipinski definition) is 2. The van der Waals surface area contributed by atoms with Gasteiger partial charge in [-0.15, -0.1) is 11.3 Å². The average molecular weight is 380 g/mol. The topological polar surface area (TPSA) is 101 Å². The van der Waals surface area contributed by atoms with Crippen LogP contribution in [0.1, 0.15) is 15.9 Å². The van der Waals surface area contributed by atoms with Crippen LogP contribution in [0.4, 0.5) is 5.82 Å². The number of aromatic carboxylic acids is 1. The smallest absolute Gasteiger partial charge is 0.341 e. The van der Waals surface area contributed by atoms with Crippen molar-refractivity contribution in [1.82, 2.24) is 9.78 Å². The van der Waals surface area contributed by atoms with Crippen molar-refractivity contribution < 1.29 is 18.3 Å². The second-order valence-corrected chi connectivity index (χ2v) is 8.24. The maximum Gasteiger partial charge on any atom is 0.341 e. The minimum Gasteiger partial charge on any atom is -0.477 e. The van der Waals surface area contributed by atoms with Crippen LogP contribution in [-0.4, -0.2) is 29.3 Å². The Kier molecular flexibility index (Phi) is 3.89. The number of halogens is 1. The Morgan fingerprint density at radius 2 is 2.20 bits per heavy atom. The van der Waals surface area contributed by atoms with E-state index in [-0.39, 0.29) is 15.6 Å². The van der Waals surface area contributed by atoms with Crippen LogP contribution >= 0.6 is 27.3 Å². The molecular weight excluding hydrogens is 370 g/mol. The number of thiophene rings is 1. The molecule has 0 unspecified atom stereocenters. The van der Waals surface area contributed by atoms with Gasteiger partial charge in [0.2, 0.25) is 0 Å². The number of carbonyl (C=O) groups is 1. The van der Waals surface area contributed by atoms with Gasteiger partial charge in [0.1, 0.15) is 9.77 Å². The van der Waals surface area contributed by atoms with Gasteiger partial charge in [-0.1, -0.05) is 0 Å². The number of aryl methyl sites for hydroxylation is 2. The molecule has 0 fully saturated rings. The van der Waals surface area contributed by atoms with Crippen LogP contribution in [0.3, 0.4) is 0 Å². The van der Waals surface area contributed by atoms with E-state index in [1.165, 1.54) is 13.1 Å². The van der Waals surface area contributed by atoms with E-state index in [1.54, 1.807) is 6.92 Å². The predicted molar refractivity (Wildman–Crippen MR) is 77.7 cm³/mol. The summed E-state index contributed by atoms with van der Waals surface area (Å²) in [5, 5.41) is 12.7. The highest BCUT2D eigenvalue weighted by Crippen LogP contribution is 2.31. The Bertz CT molecular complexity index is 759. The van der Waals surface area contributed by atoms with Gasteiger partial charge in [0.15, 0.2) is 5.82 Å². The number of sulfonamides is 1. The standard InChI is InChI=1S/C10H10BrN3O4S2/c1-5-3-7(19-8(5)11)20(17,18)13-9-6(10(15)16)4-12-14(9)2/h3-4,13H,1-2H3,(H,15,16). The molecule has 0 radical (unpaired) electrons. The van der Waals surface area contributed by atoms with Gasteiger partial charge < -0.3 is 5.11 Å². The van der Waals surface area contributed by atoms with Gasteiger partial charge in [0, 0.05) is 7.05 Å². The van der Waals surface area contributed by atoms with E-state index in [0.717, 1.165) is 27.8 Å². The Morgan fingerprint density at radius 3 is 2.70 bits per heavy atom. The second kappa shape index (κ2) is 5.19. The molecule has 2 rings (SSSR count). The summed E-state index contributed by atoms with van der Waals surface area (Å²) < 4.78 is 28.7. The minimum absolute atomic E-state index is 0.0836. The molecule has 2 aromatic rings. The highest BCUT2D eigenvalue weighted by atomic mass is 79.9. The van der Waals surface area contributed by atoms with Crippen molar-refractivity contribution in [2.45, 2.75) is 11.1 Å². The molecular formula is C10H10BrN3O4S2. The fraction of sp³-hybridized carbons (Fsp3) is 0.200. The molecule has 0 aliphatic carbocycles. The van der Waals surface area contributed by atoms with Crippen LogP contribution in [0.15, 0.2) is 20.3 Å². The molecule has 20 heavy (non-hydrogen) atoms. The molecule has 0 amide bonds. The second-order valence-electron chi connectivity index (χ2n) is 3.96. The highest BCUT2D eigenvalue weighted by molar-refractivity contribution is 9.11. The first kappa shape index (κ1) is 15.0. The van der Waals surface area contributed by atoms with E-state index < -0.39 is 16.0 Å². The zero-order valence-corrected chi connectivity index (χ0v) is 13.6. The number of rotatable bonds is 4. The van der Waals surface area contributed by atoms with Gasteiger partial charge in [-0.3, -0.25) is 9.40 Å². The fourth-order valence-electron chi connectivity index (χ4n) is 1.46. The van der Waals surface area contributed by atoms with Crippen molar-refractivity contribution in [1.29, 1.82) is 0 Å². The van der Waals surface area contributed by atoms with Crippen LogP contribution in [-0.2, 0) is 17.1 Å². The summed E-state index contributed by atoms with van der Waals surface area (Å²) in [4.78, 5) is 11.0. The highest BCUT2D eigenvalue weighted by Gasteiger charge is 2.24.